The van der Waals surface area contributed by atoms with Crippen molar-refractivity contribution in [2.45, 2.75) is 25.1 Å². The maximum Gasteiger partial charge on any atom is 0.343 e. The number of carbonyl (C=O) groups excluding carboxylic acids is 2. The zero-order valence-electron chi connectivity index (χ0n) is 18.4. The van der Waals surface area contributed by atoms with Crippen LogP contribution in [0.1, 0.15) is 35.8 Å². The summed E-state index contributed by atoms with van der Waals surface area (Å²) in [6.07, 6.45) is -0.544. The van der Waals surface area contributed by atoms with Crippen molar-refractivity contribution in [3.8, 4) is 0 Å². The van der Waals surface area contributed by atoms with Gasteiger partial charge in [0.25, 0.3) is 5.91 Å². The van der Waals surface area contributed by atoms with Gasteiger partial charge in [0.1, 0.15) is 5.57 Å². The van der Waals surface area contributed by atoms with E-state index in [0.29, 0.717) is 6.61 Å². The summed E-state index contributed by atoms with van der Waals surface area (Å²) in [4.78, 5) is 28.6. The number of hydrogen-bond acceptors (Lipinski definition) is 4. The number of amides is 1. The van der Waals surface area contributed by atoms with Gasteiger partial charge in [-0.05, 0) is 23.6 Å². The van der Waals surface area contributed by atoms with E-state index in [-0.39, 0.29) is 30.0 Å². The molecule has 0 bridgehead atoms. The van der Waals surface area contributed by atoms with Crippen LogP contribution in [-0.2, 0) is 19.1 Å². The molecule has 0 saturated carbocycles. The smallest absolute Gasteiger partial charge is 0.343 e. The largest absolute Gasteiger partial charge is 0.462 e. The average molecular weight is 440 g/mol. The molecule has 0 aliphatic carbocycles. The van der Waals surface area contributed by atoms with E-state index in [4.69, 9.17) is 9.47 Å². The molecule has 0 aromatic heterocycles. The van der Waals surface area contributed by atoms with Gasteiger partial charge in [0.15, 0.2) is 6.23 Å². The highest BCUT2D eigenvalue weighted by Crippen LogP contribution is 2.47. The number of hydrogen-bond donors (Lipinski definition) is 0. The van der Waals surface area contributed by atoms with E-state index < -0.39 is 12.2 Å². The minimum atomic E-state index is -0.574. The Morgan fingerprint density at radius 1 is 0.939 bits per heavy atom. The van der Waals surface area contributed by atoms with Crippen LogP contribution in [0.4, 0.5) is 0 Å². The Balaban J connectivity index is 1.67. The molecule has 0 spiro atoms. The monoisotopic (exact) mass is 439 g/mol. The molecule has 3 aromatic rings. The van der Waals surface area contributed by atoms with Crippen molar-refractivity contribution in [3.63, 3.8) is 0 Å². The second-order valence-corrected chi connectivity index (χ2v) is 8.13. The van der Waals surface area contributed by atoms with Gasteiger partial charge in [-0.3, -0.25) is 9.69 Å². The summed E-state index contributed by atoms with van der Waals surface area (Å²) < 4.78 is 11.5. The summed E-state index contributed by atoms with van der Waals surface area (Å²) >= 11 is 0. The maximum absolute atomic E-state index is 13.8. The summed E-state index contributed by atoms with van der Waals surface area (Å²) in [5.41, 5.74) is 3.78. The minimum Gasteiger partial charge on any atom is -0.462 e. The first-order valence-electron chi connectivity index (χ1n) is 11.2. The fraction of sp³-hybridized carbons (Fsp3) is 0.214. The van der Waals surface area contributed by atoms with Gasteiger partial charge < -0.3 is 9.47 Å². The first kappa shape index (κ1) is 21.2. The standard InChI is InChI=1S/C28H25NO4/c1-2-32-28(31)25-24(23(19-12-6-3-7-13-19)20-14-8-4-9-15-20)22-18-33-27(29(22)26(25)30)21-16-10-5-11-17-21/h3-17,22-23,27H,2,18H2,1H3/t22-,27-/m1/s1. The summed E-state index contributed by atoms with van der Waals surface area (Å²) in [6, 6.07) is 29.2. The lowest BCUT2D eigenvalue weighted by atomic mass is 9.80. The molecule has 5 nitrogen and oxygen atoms in total. The van der Waals surface area contributed by atoms with Crippen molar-refractivity contribution in [2.24, 2.45) is 0 Å². The van der Waals surface area contributed by atoms with Gasteiger partial charge in [-0.2, -0.15) is 0 Å². The number of benzene rings is 3. The van der Waals surface area contributed by atoms with Crippen molar-refractivity contribution < 1.29 is 19.1 Å². The van der Waals surface area contributed by atoms with Crippen molar-refractivity contribution in [2.75, 3.05) is 13.2 Å². The second-order valence-electron chi connectivity index (χ2n) is 8.13. The lowest BCUT2D eigenvalue weighted by molar-refractivity contribution is -0.142. The molecule has 3 aromatic carbocycles. The molecule has 1 amide bonds. The Kier molecular flexibility index (Phi) is 5.80. The second kappa shape index (κ2) is 9.04. The van der Waals surface area contributed by atoms with Crippen LogP contribution >= 0.6 is 0 Å². The molecule has 0 N–H and O–H groups in total. The van der Waals surface area contributed by atoms with Gasteiger partial charge in [-0.1, -0.05) is 91.0 Å². The number of rotatable bonds is 6. The van der Waals surface area contributed by atoms with Crippen LogP contribution in [0.3, 0.4) is 0 Å². The van der Waals surface area contributed by atoms with E-state index in [1.807, 2.05) is 91.0 Å². The fourth-order valence-corrected chi connectivity index (χ4v) is 4.88. The Morgan fingerprint density at radius 3 is 2.03 bits per heavy atom. The minimum absolute atomic E-state index is 0.129. The highest BCUT2D eigenvalue weighted by atomic mass is 16.5. The lowest BCUT2D eigenvalue weighted by Gasteiger charge is -2.26. The molecular weight excluding hydrogens is 414 g/mol. The SMILES string of the molecule is CCOC(=O)C1=C(C(c2ccccc2)c2ccccc2)[C@H]2CO[C@H](c3ccccc3)N2C1=O. The molecule has 5 rings (SSSR count). The molecule has 33 heavy (non-hydrogen) atoms. The van der Waals surface area contributed by atoms with E-state index in [0.717, 1.165) is 22.3 Å². The molecule has 2 aliphatic heterocycles. The first-order chi connectivity index (χ1) is 16.2. The zero-order chi connectivity index (χ0) is 22.8. The normalized spacial score (nSPS) is 19.8. The molecule has 5 heteroatoms. The van der Waals surface area contributed by atoms with Gasteiger partial charge in [-0.25, -0.2) is 4.79 Å². The van der Waals surface area contributed by atoms with E-state index in [1.165, 1.54) is 0 Å². The molecule has 0 radical (unpaired) electrons. The number of fused-ring (bicyclic) bond motifs is 1. The van der Waals surface area contributed by atoms with Gasteiger partial charge >= 0.3 is 5.97 Å². The number of ether oxygens (including phenoxy) is 2. The van der Waals surface area contributed by atoms with Crippen molar-refractivity contribution in [3.05, 3.63) is 119 Å². The zero-order valence-corrected chi connectivity index (χ0v) is 18.4. The fourth-order valence-electron chi connectivity index (χ4n) is 4.88. The third-order valence-electron chi connectivity index (χ3n) is 6.24. The average Bonchev–Trinajstić information content (AvgIpc) is 3.41. The van der Waals surface area contributed by atoms with E-state index in [2.05, 4.69) is 0 Å². The van der Waals surface area contributed by atoms with E-state index >= 15 is 0 Å². The van der Waals surface area contributed by atoms with Gasteiger partial charge in [-0.15, -0.1) is 0 Å². The van der Waals surface area contributed by atoms with Gasteiger partial charge in [0.2, 0.25) is 0 Å². The predicted molar refractivity (Wildman–Crippen MR) is 124 cm³/mol. The molecule has 2 aliphatic rings. The molecule has 2 atom stereocenters. The lowest BCUT2D eigenvalue weighted by Crippen LogP contribution is -2.34. The molecular formula is C28H25NO4. The molecule has 1 saturated heterocycles. The highest BCUT2D eigenvalue weighted by Gasteiger charge is 2.52. The quantitative estimate of drug-likeness (QED) is 0.416. The van der Waals surface area contributed by atoms with Crippen LogP contribution in [0.15, 0.2) is 102 Å². The first-order valence-corrected chi connectivity index (χ1v) is 11.2. The van der Waals surface area contributed by atoms with Crippen molar-refractivity contribution >= 4 is 11.9 Å². The molecule has 166 valence electrons. The predicted octanol–water partition coefficient (Wildman–Crippen LogP) is 4.62. The summed E-state index contributed by atoms with van der Waals surface area (Å²) in [7, 11) is 0. The van der Waals surface area contributed by atoms with E-state index in [9.17, 15) is 9.59 Å². The molecule has 0 unspecified atom stereocenters. The Morgan fingerprint density at radius 2 is 1.48 bits per heavy atom. The third-order valence-corrected chi connectivity index (χ3v) is 6.24. The Hall–Kier alpha value is -3.70. The van der Waals surface area contributed by atoms with Gasteiger partial charge in [0.05, 0.1) is 19.3 Å². The van der Waals surface area contributed by atoms with Crippen LogP contribution in [0.5, 0.6) is 0 Å². The van der Waals surface area contributed by atoms with E-state index in [1.54, 1.807) is 11.8 Å². The maximum atomic E-state index is 13.8. The van der Waals surface area contributed by atoms with Crippen LogP contribution in [-0.4, -0.2) is 36.0 Å². The topological polar surface area (TPSA) is 55.8 Å². The van der Waals surface area contributed by atoms with Crippen LogP contribution < -0.4 is 0 Å². The number of esters is 1. The molecule has 1 fully saturated rings. The number of nitrogens with zero attached hydrogens (tertiary/aromatic N) is 1. The van der Waals surface area contributed by atoms with Crippen molar-refractivity contribution in [1.29, 1.82) is 0 Å². The highest BCUT2D eigenvalue weighted by molar-refractivity contribution is 6.19. The summed E-state index contributed by atoms with van der Waals surface area (Å²) in [5, 5.41) is 0. The third kappa shape index (κ3) is 3.74. The summed E-state index contributed by atoms with van der Waals surface area (Å²) in [6.45, 7) is 2.27. The van der Waals surface area contributed by atoms with Crippen molar-refractivity contribution in [1.82, 2.24) is 4.90 Å². The summed E-state index contributed by atoms with van der Waals surface area (Å²) in [5.74, 6) is -1.18. The van der Waals surface area contributed by atoms with Crippen LogP contribution in [0, 0.1) is 0 Å². The number of carbonyl (C=O) groups is 2. The van der Waals surface area contributed by atoms with Crippen LogP contribution in [0.2, 0.25) is 0 Å². The Bertz CT molecular complexity index is 1130. The van der Waals surface area contributed by atoms with Gasteiger partial charge in [0, 0.05) is 11.5 Å². The van der Waals surface area contributed by atoms with Crippen LogP contribution in [0.25, 0.3) is 0 Å². The Labute approximate surface area is 193 Å². The molecule has 2 heterocycles.